The number of hydrogen-bond donors (Lipinski definition) is 1. The number of thioether (sulfide) groups is 1. The maximum Gasteiger partial charge on any atom is 0.236 e. The zero-order chi connectivity index (χ0) is 25.6. The van der Waals surface area contributed by atoms with Crippen molar-refractivity contribution in [3.05, 3.63) is 117 Å². The number of halogens is 1. The lowest BCUT2D eigenvalue weighted by Gasteiger charge is -2.10. The van der Waals surface area contributed by atoms with Crippen LogP contribution in [0.3, 0.4) is 0 Å². The summed E-state index contributed by atoms with van der Waals surface area (Å²) in [4.78, 5) is 18.2. The Labute approximate surface area is 228 Å². The molecule has 0 aliphatic rings. The molecule has 0 bridgehead atoms. The molecule has 1 amide bonds. The Bertz CT molecular complexity index is 1500. The molecular weight excluding hydrogens is 522 g/mol. The van der Waals surface area contributed by atoms with Gasteiger partial charge in [-0.05, 0) is 41.8 Å². The summed E-state index contributed by atoms with van der Waals surface area (Å²) in [7, 11) is 0. The number of carbonyl (C=O) groups excluding carboxylic acids is 1. The third-order valence-electron chi connectivity index (χ3n) is 5.67. The second-order valence-electron chi connectivity index (χ2n) is 8.46. The highest BCUT2D eigenvalue weighted by atomic mass is 35.5. The van der Waals surface area contributed by atoms with Crippen LogP contribution in [0.25, 0.3) is 5.69 Å². The van der Waals surface area contributed by atoms with Crippen LogP contribution in [0, 0.1) is 6.92 Å². The number of thiazole rings is 1. The van der Waals surface area contributed by atoms with Crippen LogP contribution in [0.5, 0.6) is 0 Å². The molecule has 0 saturated carbocycles. The van der Waals surface area contributed by atoms with Crippen molar-refractivity contribution in [2.75, 3.05) is 11.1 Å². The van der Waals surface area contributed by atoms with Crippen LogP contribution in [-0.2, 0) is 17.6 Å². The van der Waals surface area contributed by atoms with E-state index in [2.05, 4.69) is 38.7 Å². The standard InChI is InChI=1S/C28H24ClN5OS2/c1-19-12-13-21(15-24(19)29)14-23-17-30-27(37-23)31-26(35)18-36-28-33-32-25(16-20-8-4-2-5-9-20)34(28)22-10-6-3-7-11-22/h2-13,15,17H,14,16,18H2,1H3,(H,30,31,35). The van der Waals surface area contributed by atoms with E-state index in [0.717, 1.165) is 38.1 Å². The minimum absolute atomic E-state index is 0.142. The zero-order valence-corrected chi connectivity index (χ0v) is 22.5. The third-order valence-corrected chi connectivity index (χ3v) is 7.92. The van der Waals surface area contributed by atoms with Gasteiger partial charge in [-0.25, -0.2) is 4.98 Å². The largest absolute Gasteiger partial charge is 0.301 e. The Balaban J connectivity index is 1.25. The predicted octanol–water partition coefficient (Wildman–Crippen LogP) is 6.60. The van der Waals surface area contributed by atoms with Crippen molar-refractivity contribution in [2.45, 2.75) is 24.9 Å². The maximum absolute atomic E-state index is 12.7. The molecule has 0 atom stereocenters. The number of nitrogens with one attached hydrogen (secondary N) is 1. The SMILES string of the molecule is Cc1ccc(Cc2cnc(NC(=O)CSc3nnc(Cc4ccccc4)n3-c3ccccc3)s2)cc1Cl. The van der Waals surface area contributed by atoms with Crippen molar-refractivity contribution in [1.29, 1.82) is 0 Å². The lowest BCUT2D eigenvalue weighted by molar-refractivity contribution is -0.113. The van der Waals surface area contributed by atoms with Gasteiger partial charge in [0.15, 0.2) is 10.3 Å². The van der Waals surface area contributed by atoms with E-state index in [1.54, 1.807) is 6.20 Å². The number of rotatable bonds is 9. The van der Waals surface area contributed by atoms with E-state index in [1.165, 1.54) is 23.1 Å². The summed E-state index contributed by atoms with van der Waals surface area (Å²) in [5.74, 6) is 0.872. The van der Waals surface area contributed by atoms with Gasteiger partial charge in [-0.2, -0.15) is 0 Å². The fraction of sp³-hybridized carbons (Fsp3) is 0.143. The second-order valence-corrected chi connectivity index (χ2v) is 10.9. The van der Waals surface area contributed by atoms with Crippen LogP contribution in [0.1, 0.15) is 27.4 Å². The van der Waals surface area contributed by atoms with Crippen molar-refractivity contribution in [3.63, 3.8) is 0 Å². The number of carbonyl (C=O) groups is 1. The number of para-hydroxylation sites is 1. The van der Waals surface area contributed by atoms with Gasteiger partial charge < -0.3 is 5.32 Å². The second kappa shape index (κ2) is 11.7. The molecule has 0 fully saturated rings. The molecule has 2 aromatic heterocycles. The number of aromatic nitrogens is 4. The fourth-order valence-corrected chi connectivity index (χ4v) is 5.64. The van der Waals surface area contributed by atoms with E-state index in [4.69, 9.17) is 11.6 Å². The van der Waals surface area contributed by atoms with Gasteiger partial charge in [0.25, 0.3) is 0 Å². The summed E-state index contributed by atoms with van der Waals surface area (Å²) in [6, 6.07) is 26.2. The number of anilines is 1. The molecule has 2 heterocycles. The van der Waals surface area contributed by atoms with Crippen LogP contribution >= 0.6 is 34.7 Å². The number of amides is 1. The maximum atomic E-state index is 12.7. The highest BCUT2D eigenvalue weighted by Crippen LogP contribution is 2.26. The first kappa shape index (κ1) is 25.2. The van der Waals surface area contributed by atoms with Crippen LogP contribution < -0.4 is 5.32 Å². The third kappa shape index (κ3) is 6.46. The lowest BCUT2D eigenvalue weighted by Crippen LogP contribution is -2.14. The van der Waals surface area contributed by atoms with E-state index in [-0.39, 0.29) is 11.7 Å². The highest BCUT2D eigenvalue weighted by molar-refractivity contribution is 7.99. The summed E-state index contributed by atoms with van der Waals surface area (Å²) in [5.41, 5.74) is 4.27. The summed E-state index contributed by atoms with van der Waals surface area (Å²) in [6.07, 6.45) is 3.15. The van der Waals surface area contributed by atoms with E-state index in [1.807, 2.05) is 72.2 Å². The van der Waals surface area contributed by atoms with Gasteiger partial charge in [-0.1, -0.05) is 84.0 Å². The normalized spacial score (nSPS) is 11.0. The van der Waals surface area contributed by atoms with Crippen LogP contribution in [0.15, 0.2) is 90.2 Å². The average molecular weight is 546 g/mol. The molecule has 5 aromatic rings. The predicted molar refractivity (Wildman–Crippen MR) is 151 cm³/mol. The molecule has 1 N–H and O–H groups in total. The molecule has 0 aliphatic carbocycles. The highest BCUT2D eigenvalue weighted by Gasteiger charge is 2.17. The molecular formula is C28H24ClN5OS2. The van der Waals surface area contributed by atoms with E-state index in [0.29, 0.717) is 23.1 Å². The minimum Gasteiger partial charge on any atom is -0.301 e. The summed E-state index contributed by atoms with van der Waals surface area (Å²) in [5, 5.41) is 13.8. The summed E-state index contributed by atoms with van der Waals surface area (Å²) < 4.78 is 2.01. The van der Waals surface area contributed by atoms with Crippen molar-refractivity contribution in [2.24, 2.45) is 0 Å². The molecule has 3 aromatic carbocycles. The van der Waals surface area contributed by atoms with Gasteiger partial charge in [-0.15, -0.1) is 21.5 Å². The van der Waals surface area contributed by atoms with Gasteiger partial charge in [0.05, 0.1) is 5.75 Å². The molecule has 0 unspecified atom stereocenters. The lowest BCUT2D eigenvalue weighted by atomic mass is 10.1. The molecule has 6 nitrogen and oxygen atoms in total. The van der Waals surface area contributed by atoms with Crippen molar-refractivity contribution in [3.8, 4) is 5.69 Å². The topological polar surface area (TPSA) is 72.7 Å². The molecule has 186 valence electrons. The van der Waals surface area contributed by atoms with Crippen LogP contribution in [0.2, 0.25) is 5.02 Å². The van der Waals surface area contributed by atoms with E-state index < -0.39 is 0 Å². The number of hydrogen-bond acceptors (Lipinski definition) is 6. The molecule has 0 spiro atoms. The van der Waals surface area contributed by atoms with Crippen LogP contribution in [0.4, 0.5) is 5.13 Å². The first-order valence-electron chi connectivity index (χ1n) is 11.7. The molecule has 5 rings (SSSR count). The number of aryl methyl sites for hydroxylation is 1. The van der Waals surface area contributed by atoms with Crippen LogP contribution in [-0.4, -0.2) is 31.4 Å². The number of benzene rings is 3. The van der Waals surface area contributed by atoms with Gasteiger partial charge in [0, 0.05) is 34.6 Å². The fourth-order valence-electron chi connectivity index (χ4n) is 3.80. The van der Waals surface area contributed by atoms with E-state index >= 15 is 0 Å². The van der Waals surface area contributed by atoms with Crippen molar-refractivity contribution < 1.29 is 4.79 Å². The van der Waals surface area contributed by atoms with Crippen molar-refractivity contribution in [1.82, 2.24) is 19.7 Å². The van der Waals surface area contributed by atoms with Crippen molar-refractivity contribution >= 4 is 45.7 Å². The smallest absolute Gasteiger partial charge is 0.236 e. The Morgan fingerprint density at radius 3 is 2.49 bits per heavy atom. The van der Waals surface area contributed by atoms with Gasteiger partial charge in [0.1, 0.15) is 5.82 Å². The average Bonchev–Trinajstić information content (AvgIpc) is 3.52. The van der Waals surface area contributed by atoms with Gasteiger partial charge >= 0.3 is 0 Å². The molecule has 37 heavy (non-hydrogen) atoms. The Morgan fingerprint density at radius 1 is 0.973 bits per heavy atom. The van der Waals surface area contributed by atoms with Gasteiger partial charge in [-0.3, -0.25) is 9.36 Å². The number of nitrogens with zero attached hydrogens (tertiary/aromatic N) is 4. The summed E-state index contributed by atoms with van der Waals surface area (Å²) in [6.45, 7) is 1.98. The zero-order valence-electron chi connectivity index (χ0n) is 20.1. The molecule has 0 radical (unpaired) electrons. The van der Waals surface area contributed by atoms with E-state index in [9.17, 15) is 4.79 Å². The Kier molecular flexibility index (Phi) is 7.99. The first-order chi connectivity index (χ1) is 18.0. The Morgan fingerprint density at radius 2 is 1.73 bits per heavy atom. The minimum atomic E-state index is -0.142. The monoisotopic (exact) mass is 545 g/mol. The molecule has 0 saturated heterocycles. The Hall–Kier alpha value is -3.46. The molecule has 9 heteroatoms. The quantitative estimate of drug-likeness (QED) is 0.211. The summed E-state index contributed by atoms with van der Waals surface area (Å²) >= 11 is 9.07. The molecule has 0 aliphatic heterocycles. The van der Waals surface area contributed by atoms with Gasteiger partial charge in [0.2, 0.25) is 5.91 Å². The first-order valence-corrected chi connectivity index (χ1v) is 13.9.